The summed E-state index contributed by atoms with van der Waals surface area (Å²) in [6.45, 7) is 0. The number of nitrogens with zero attached hydrogens (tertiary/aromatic N) is 2. The molecular weight excluding hydrogens is 709 g/mol. The van der Waals surface area contributed by atoms with E-state index in [1.165, 1.54) is 49.2 Å². The number of rotatable bonds is 4. The molecule has 4 heteroatoms. The van der Waals surface area contributed by atoms with E-state index < -0.39 is 0 Å². The Balaban J connectivity index is 1.17. The van der Waals surface area contributed by atoms with Gasteiger partial charge in [-0.2, -0.15) is 0 Å². The van der Waals surface area contributed by atoms with Crippen molar-refractivity contribution in [2.24, 2.45) is 0 Å². The summed E-state index contributed by atoms with van der Waals surface area (Å²) in [5, 5.41) is 9.26. The zero-order chi connectivity index (χ0) is 37.9. The number of fused-ring (bicyclic) bond motifs is 12. The number of allylic oxidation sites excluding steroid dienone is 4. The van der Waals surface area contributed by atoms with Crippen molar-refractivity contribution in [1.29, 1.82) is 0 Å². The third-order valence-corrected chi connectivity index (χ3v) is 12.4. The molecule has 13 rings (SSSR count). The lowest BCUT2D eigenvalue weighted by Gasteiger charge is -2.15. The van der Waals surface area contributed by atoms with Gasteiger partial charge in [0.05, 0.1) is 22.1 Å². The largest absolute Gasteiger partial charge is 0.455 e. The van der Waals surface area contributed by atoms with E-state index in [-0.39, 0.29) is 0 Å². The Morgan fingerprint density at radius 3 is 1.34 bits per heavy atom. The molecule has 0 amide bonds. The summed E-state index contributed by atoms with van der Waals surface area (Å²) in [6.07, 6.45) is 8.59. The molecule has 0 saturated carbocycles. The Morgan fingerprint density at radius 1 is 0.414 bits per heavy atom. The van der Waals surface area contributed by atoms with Gasteiger partial charge in [0.25, 0.3) is 0 Å². The SMILES string of the molecule is C1=CCCC(c2c3oc4ccc(-n5c6ccccc6c6ccccc65)cc4c3c(-c3ccccc3)c3oc4ccc(-n5c6ccccc6c6ccccc65)cc4c23)=C1. The van der Waals surface area contributed by atoms with Crippen LogP contribution in [-0.2, 0) is 0 Å². The summed E-state index contributed by atoms with van der Waals surface area (Å²) >= 11 is 0. The standard InChI is InChI=1S/C54H34N2O2/c1-3-15-33(16-4-1)49-51-41-31-35(55-43-23-11-7-19-37(43)38-20-8-12-24-44(38)55)27-29-47(41)58-54(51)50(34-17-5-2-6-18-34)52-42-32-36(28-30-48(42)57-53(49)52)56-45-25-13-9-21-39(45)40-22-10-14-26-46(40)56/h1-5,7-17,19-32H,6,18H2. The minimum atomic E-state index is 0.854. The normalized spacial score (nSPS) is 13.4. The van der Waals surface area contributed by atoms with Gasteiger partial charge in [0, 0.05) is 65.6 Å². The maximum Gasteiger partial charge on any atom is 0.144 e. The van der Waals surface area contributed by atoms with Gasteiger partial charge >= 0.3 is 0 Å². The molecule has 0 bridgehead atoms. The maximum atomic E-state index is 7.17. The highest BCUT2D eigenvalue weighted by atomic mass is 16.3. The molecule has 1 aliphatic carbocycles. The Morgan fingerprint density at radius 2 is 0.862 bits per heavy atom. The zero-order valence-corrected chi connectivity index (χ0v) is 31.4. The molecular formula is C54H34N2O2. The van der Waals surface area contributed by atoms with Crippen LogP contribution in [0.1, 0.15) is 18.4 Å². The second kappa shape index (κ2) is 12.0. The number of furan rings is 2. The minimum Gasteiger partial charge on any atom is -0.455 e. The highest BCUT2D eigenvalue weighted by Gasteiger charge is 2.28. The van der Waals surface area contributed by atoms with E-state index in [1.807, 2.05) is 0 Å². The lowest BCUT2D eigenvalue weighted by Crippen LogP contribution is -1.95. The smallest absolute Gasteiger partial charge is 0.144 e. The molecule has 0 radical (unpaired) electrons. The summed E-state index contributed by atoms with van der Waals surface area (Å²) < 4.78 is 19.1. The third kappa shape index (κ3) is 4.34. The monoisotopic (exact) mass is 742 g/mol. The highest BCUT2D eigenvalue weighted by Crippen LogP contribution is 2.51. The fourth-order valence-electron chi connectivity index (χ4n) is 9.92. The average Bonchev–Trinajstić information content (AvgIpc) is 4.04. The van der Waals surface area contributed by atoms with Crippen LogP contribution in [-0.4, -0.2) is 9.13 Å². The summed E-state index contributed by atoms with van der Waals surface area (Å²) in [6, 6.07) is 58.8. The summed E-state index contributed by atoms with van der Waals surface area (Å²) in [4.78, 5) is 0. The van der Waals surface area contributed by atoms with Crippen molar-refractivity contribution < 1.29 is 8.83 Å². The van der Waals surface area contributed by atoms with Crippen molar-refractivity contribution in [2.75, 3.05) is 0 Å². The molecule has 4 nitrogen and oxygen atoms in total. The van der Waals surface area contributed by atoms with Crippen LogP contribution in [0.15, 0.2) is 191 Å². The van der Waals surface area contributed by atoms with Crippen molar-refractivity contribution in [3.8, 4) is 22.5 Å². The molecule has 1 aliphatic rings. The Labute approximate surface area is 332 Å². The van der Waals surface area contributed by atoms with Gasteiger partial charge < -0.3 is 18.0 Å². The number of para-hydroxylation sites is 4. The van der Waals surface area contributed by atoms with Crippen molar-refractivity contribution in [3.63, 3.8) is 0 Å². The van der Waals surface area contributed by atoms with Crippen LogP contribution in [0.2, 0.25) is 0 Å². The Kier molecular flexibility index (Phi) is 6.53. The molecule has 0 unspecified atom stereocenters. The van der Waals surface area contributed by atoms with Gasteiger partial charge in [-0.3, -0.25) is 0 Å². The molecule has 0 spiro atoms. The number of benzene rings is 8. The first-order valence-corrected chi connectivity index (χ1v) is 20.1. The van der Waals surface area contributed by atoms with Crippen molar-refractivity contribution in [2.45, 2.75) is 12.8 Å². The van der Waals surface area contributed by atoms with E-state index in [0.717, 1.165) is 84.8 Å². The van der Waals surface area contributed by atoms with E-state index in [4.69, 9.17) is 8.83 Å². The third-order valence-electron chi connectivity index (χ3n) is 12.4. The van der Waals surface area contributed by atoms with E-state index in [0.29, 0.717) is 0 Å². The van der Waals surface area contributed by atoms with Gasteiger partial charge in [-0.25, -0.2) is 0 Å². The molecule has 272 valence electrons. The predicted molar refractivity (Wildman–Crippen MR) is 241 cm³/mol. The van der Waals surface area contributed by atoms with Gasteiger partial charge in [0.15, 0.2) is 0 Å². The molecule has 12 aromatic rings. The van der Waals surface area contributed by atoms with E-state index in [1.54, 1.807) is 0 Å². The van der Waals surface area contributed by atoms with Crippen LogP contribution in [0.4, 0.5) is 0 Å². The lowest BCUT2D eigenvalue weighted by atomic mass is 9.88. The second-order valence-corrected chi connectivity index (χ2v) is 15.5. The molecule has 0 aliphatic heterocycles. The van der Waals surface area contributed by atoms with Gasteiger partial charge in [-0.05, 0) is 84.6 Å². The molecule has 0 fully saturated rings. The van der Waals surface area contributed by atoms with Crippen molar-refractivity contribution in [3.05, 3.63) is 188 Å². The summed E-state index contributed by atoms with van der Waals surface area (Å²) in [5.41, 5.74) is 14.9. The highest BCUT2D eigenvalue weighted by molar-refractivity contribution is 6.28. The summed E-state index contributed by atoms with van der Waals surface area (Å²) in [7, 11) is 0. The maximum absolute atomic E-state index is 7.17. The molecule has 0 saturated heterocycles. The molecule has 0 atom stereocenters. The molecule has 0 N–H and O–H groups in total. The fraction of sp³-hybridized carbons (Fsp3) is 0.0370. The van der Waals surface area contributed by atoms with Crippen LogP contribution in [0.5, 0.6) is 0 Å². The Bertz CT molecular complexity index is 3620. The first-order valence-electron chi connectivity index (χ1n) is 20.1. The van der Waals surface area contributed by atoms with Crippen LogP contribution in [0.3, 0.4) is 0 Å². The van der Waals surface area contributed by atoms with Crippen LogP contribution in [0.25, 0.3) is 116 Å². The van der Waals surface area contributed by atoms with Crippen LogP contribution in [0, 0.1) is 0 Å². The van der Waals surface area contributed by atoms with Gasteiger partial charge in [-0.15, -0.1) is 0 Å². The molecule has 4 heterocycles. The number of hydrogen-bond donors (Lipinski definition) is 0. The topological polar surface area (TPSA) is 36.1 Å². The van der Waals surface area contributed by atoms with Gasteiger partial charge in [0.1, 0.15) is 22.3 Å². The Hall–Kier alpha value is -7.56. The van der Waals surface area contributed by atoms with Gasteiger partial charge in [0.2, 0.25) is 0 Å². The van der Waals surface area contributed by atoms with E-state index >= 15 is 0 Å². The van der Waals surface area contributed by atoms with Crippen LogP contribution < -0.4 is 0 Å². The quantitative estimate of drug-likeness (QED) is 0.180. The molecule has 8 aromatic carbocycles. The summed E-state index contributed by atoms with van der Waals surface area (Å²) in [5.74, 6) is 0. The first kappa shape index (κ1) is 31.6. The van der Waals surface area contributed by atoms with Gasteiger partial charge in [-0.1, -0.05) is 121 Å². The first-order chi connectivity index (χ1) is 28.8. The number of aromatic nitrogens is 2. The van der Waals surface area contributed by atoms with Crippen molar-refractivity contribution in [1.82, 2.24) is 9.13 Å². The predicted octanol–water partition coefficient (Wildman–Crippen LogP) is 15.1. The lowest BCUT2D eigenvalue weighted by molar-refractivity contribution is 0.663. The zero-order valence-electron chi connectivity index (χ0n) is 31.4. The molecule has 58 heavy (non-hydrogen) atoms. The van der Waals surface area contributed by atoms with Crippen molar-refractivity contribution >= 4 is 93.1 Å². The fourth-order valence-corrected chi connectivity index (χ4v) is 9.92. The van der Waals surface area contributed by atoms with E-state index in [2.05, 4.69) is 191 Å². The van der Waals surface area contributed by atoms with Crippen LogP contribution >= 0.6 is 0 Å². The number of hydrogen-bond acceptors (Lipinski definition) is 2. The average molecular weight is 743 g/mol. The van der Waals surface area contributed by atoms with E-state index in [9.17, 15) is 0 Å². The molecule has 4 aromatic heterocycles. The second-order valence-electron chi connectivity index (χ2n) is 15.5. The minimum absolute atomic E-state index is 0.854.